The summed E-state index contributed by atoms with van der Waals surface area (Å²) in [6, 6.07) is 7.78. The highest BCUT2D eigenvalue weighted by Gasteiger charge is 2.04. The van der Waals surface area contributed by atoms with Crippen molar-refractivity contribution in [1.82, 2.24) is 10.2 Å². The molecule has 0 unspecified atom stereocenters. The van der Waals surface area contributed by atoms with E-state index in [1.807, 2.05) is 19.1 Å². The Bertz CT molecular complexity index is 532. The summed E-state index contributed by atoms with van der Waals surface area (Å²) in [6.45, 7) is 2.01. The van der Waals surface area contributed by atoms with Crippen molar-refractivity contribution in [3.05, 3.63) is 46.8 Å². The van der Waals surface area contributed by atoms with Gasteiger partial charge in [0.15, 0.2) is 6.29 Å². The fraction of sp³-hybridized carbons (Fsp3) is 0.231. The molecular formula is C13H14N2O2. The predicted molar refractivity (Wildman–Crippen MR) is 64.5 cm³/mol. The zero-order valence-corrected chi connectivity index (χ0v) is 9.86. The number of hydrogen-bond donors (Lipinski definition) is 1. The molecule has 4 nitrogen and oxygen atoms in total. The van der Waals surface area contributed by atoms with Crippen molar-refractivity contribution in [3.8, 4) is 5.75 Å². The molecule has 1 aromatic carbocycles. The average molecular weight is 230 g/mol. The molecule has 0 spiro atoms. The van der Waals surface area contributed by atoms with Crippen molar-refractivity contribution in [2.45, 2.75) is 13.3 Å². The molecule has 2 rings (SSSR count). The van der Waals surface area contributed by atoms with Crippen molar-refractivity contribution in [3.63, 3.8) is 0 Å². The molecule has 0 fully saturated rings. The minimum Gasteiger partial charge on any atom is -0.496 e. The number of methoxy groups -OCH3 is 1. The van der Waals surface area contributed by atoms with E-state index in [9.17, 15) is 4.79 Å². The molecule has 0 radical (unpaired) electrons. The quantitative estimate of drug-likeness (QED) is 0.818. The minimum absolute atomic E-state index is 0.435. The van der Waals surface area contributed by atoms with E-state index in [4.69, 9.17) is 4.74 Å². The fourth-order valence-electron chi connectivity index (χ4n) is 1.80. The molecule has 17 heavy (non-hydrogen) atoms. The molecule has 0 saturated heterocycles. The Labute approximate surface area is 99.6 Å². The molecule has 88 valence electrons. The number of rotatable bonds is 4. The lowest BCUT2D eigenvalue weighted by Gasteiger charge is -2.06. The van der Waals surface area contributed by atoms with Gasteiger partial charge in [-0.2, -0.15) is 5.10 Å². The lowest BCUT2D eigenvalue weighted by atomic mass is 10.1. The van der Waals surface area contributed by atoms with E-state index in [1.54, 1.807) is 13.2 Å². The molecule has 0 aliphatic rings. The summed E-state index contributed by atoms with van der Waals surface area (Å²) in [6.07, 6.45) is 1.46. The van der Waals surface area contributed by atoms with Gasteiger partial charge in [0.05, 0.1) is 7.11 Å². The smallest absolute Gasteiger partial charge is 0.170 e. The number of nitrogens with one attached hydrogen (secondary N) is 1. The molecule has 0 amide bonds. The first-order chi connectivity index (χ1) is 8.22. The predicted octanol–water partition coefficient (Wildman–Crippen LogP) is 2.13. The number of benzene rings is 1. The first-order valence-electron chi connectivity index (χ1n) is 5.36. The van der Waals surface area contributed by atoms with E-state index in [0.29, 0.717) is 5.69 Å². The highest BCUT2D eigenvalue weighted by atomic mass is 16.5. The summed E-state index contributed by atoms with van der Waals surface area (Å²) >= 11 is 0. The number of hydrogen-bond acceptors (Lipinski definition) is 3. The minimum atomic E-state index is 0.435. The number of nitrogens with zero attached hydrogens (tertiary/aromatic N) is 1. The van der Waals surface area contributed by atoms with Crippen LogP contribution >= 0.6 is 0 Å². The van der Waals surface area contributed by atoms with Crippen molar-refractivity contribution in [2.75, 3.05) is 7.11 Å². The highest BCUT2D eigenvalue weighted by Crippen LogP contribution is 2.19. The van der Waals surface area contributed by atoms with Crippen LogP contribution in [0.1, 0.15) is 27.3 Å². The van der Waals surface area contributed by atoms with E-state index in [0.717, 1.165) is 35.3 Å². The third-order valence-electron chi connectivity index (χ3n) is 2.63. The molecule has 1 heterocycles. The molecule has 0 atom stereocenters. The molecule has 2 aromatic rings. The van der Waals surface area contributed by atoms with Gasteiger partial charge in [-0.3, -0.25) is 9.89 Å². The zero-order valence-electron chi connectivity index (χ0n) is 9.86. The van der Waals surface area contributed by atoms with E-state index in [2.05, 4.69) is 16.3 Å². The van der Waals surface area contributed by atoms with E-state index < -0.39 is 0 Å². The number of carbonyl (C=O) groups excluding carboxylic acids is 1. The number of aromatic nitrogens is 2. The summed E-state index contributed by atoms with van der Waals surface area (Å²) < 4.78 is 5.21. The number of H-pyrrole nitrogens is 1. The second-order valence-electron chi connectivity index (χ2n) is 3.92. The van der Waals surface area contributed by atoms with Crippen LogP contribution in [0.5, 0.6) is 5.75 Å². The highest BCUT2D eigenvalue weighted by molar-refractivity contribution is 5.71. The van der Waals surface area contributed by atoms with Gasteiger partial charge in [0, 0.05) is 12.1 Å². The van der Waals surface area contributed by atoms with E-state index in [-0.39, 0.29) is 0 Å². The Morgan fingerprint density at radius 2 is 2.24 bits per heavy atom. The van der Waals surface area contributed by atoms with Crippen molar-refractivity contribution < 1.29 is 9.53 Å². The van der Waals surface area contributed by atoms with Crippen LogP contribution in [0, 0.1) is 6.92 Å². The van der Waals surface area contributed by atoms with Gasteiger partial charge in [-0.05, 0) is 30.2 Å². The molecule has 4 heteroatoms. The van der Waals surface area contributed by atoms with Gasteiger partial charge in [-0.25, -0.2) is 0 Å². The molecule has 0 aliphatic heterocycles. The standard InChI is InChI=1S/C13H14N2O2/c1-9-5-10(3-4-13(9)17-2)6-11-7-12(8-16)15-14-11/h3-5,7-8H,6H2,1-2H3,(H,14,15). The number of ether oxygens (including phenoxy) is 1. The Morgan fingerprint density at radius 3 is 2.82 bits per heavy atom. The van der Waals surface area contributed by atoms with Crippen molar-refractivity contribution >= 4 is 6.29 Å². The first kappa shape index (κ1) is 11.4. The number of aldehydes is 1. The van der Waals surface area contributed by atoms with Crippen LogP contribution in [0.2, 0.25) is 0 Å². The summed E-state index contributed by atoms with van der Waals surface area (Å²) in [4.78, 5) is 10.5. The van der Waals surface area contributed by atoms with Crippen LogP contribution in [0.15, 0.2) is 24.3 Å². The van der Waals surface area contributed by atoms with Gasteiger partial charge in [0.1, 0.15) is 11.4 Å². The first-order valence-corrected chi connectivity index (χ1v) is 5.36. The molecule has 0 aliphatic carbocycles. The Hall–Kier alpha value is -2.10. The number of carbonyl (C=O) groups is 1. The maximum atomic E-state index is 10.5. The van der Waals surface area contributed by atoms with Crippen LogP contribution in [0.4, 0.5) is 0 Å². The largest absolute Gasteiger partial charge is 0.496 e. The van der Waals surface area contributed by atoms with Gasteiger partial charge in [0.25, 0.3) is 0 Å². The van der Waals surface area contributed by atoms with Crippen LogP contribution < -0.4 is 4.74 Å². The summed E-state index contributed by atoms with van der Waals surface area (Å²) in [5, 5.41) is 6.71. The van der Waals surface area contributed by atoms with Gasteiger partial charge in [0.2, 0.25) is 0 Å². The van der Waals surface area contributed by atoms with Crippen molar-refractivity contribution in [2.24, 2.45) is 0 Å². The van der Waals surface area contributed by atoms with Crippen LogP contribution in [0.3, 0.4) is 0 Å². The summed E-state index contributed by atoms with van der Waals surface area (Å²) in [5.74, 6) is 0.881. The Kier molecular flexibility index (Phi) is 3.23. The normalized spacial score (nSPS) is 10.2. The topological polar surface area (TPSA) is 55.0 Å². The van der Waals surface area contributed by atoms with Crippen LogP contribution in [0.25, 0.3) is 0 Å². The van der Waals surface area contributed by atoms with Gasteiger partial charge < -0.3 is 4.74 Å². The average Bonchev–Trinajstić information content (AvgIpc) is 2.77. The number of aryl methyl sites for hydroxylation is 1. The Morgan fingerprint density at radius 1 is 1.41 bits per heavy atom. The van der Waals surface area contributed by atoms with Gasteiger partial charge in [-0.15, -0.1) is 0 Å². The molecular weight excluding hydrogens is 216 g/mol. The third-order valence-corrected chi connectivity index (χ3v) is 2.63. The molecule has 1 N–H and O–H groups in total. The lowest BCUT2D eigenvalue weighted by Crippen LogP contribution is -1.92. The molecule has 0 saturated carbocycles. The van der Waals surface area contributed by atoms with Crippen LogP contribution in [-0.2, 0) is 6.42 Å². The van der Waals surface area contributed by atoms with Crippen LogP contribution in [-0.4, -0.2) is 23.6 Å². The van der Waals surface area contributed by atoms with Gasteiger partial charge >= 0.3 is 0 Å². The lowest BCUT2D eigenvalue weighted by molar-refractivity contribution is 0.111. The number of aromatic amines is 1. The maximum absolute atomic E-state index is 10.5. The van der Waals surface area contributed by atoms with E-state index >= 15 is 0 Å². The Balaban J connectivity index is 2.18. The summed E-state index contributed by atoms with van der Waals surface area (Å²) in [7, 11) is 1.66. The molecule has 0 bridgehead atoms. The maximum Gasteiger partial charge on any atom is 0.170 e. The second-order valence-corrected chi connectivity index (χ2v) is 3.92. The fourth-order valence-corrected chi connectivity index (χ4v) is 1.80. The van der Waals surface area contributed by atoms with Gasteiger partial charge in [-0.1, -0.05) is 12.1 Å². The molecule has 1 aromatic heterocycles. The summed E-state index contributed by atoms with van der Waals surface area (Å²) in [5.41, 5.74) is 3.62. The second kappa shape index (κ2) is 4.82. The third kappa shape index (κ3) is 2.53. The monoisotopic (exact) mass is 230 g/mol. The zero-order chi connectivity index (χ0) is 12.3. The van der Waals surface area contributed by atoms with Crippen molar-refractivity contribution in [1.29, 1.82) is 0 Å². The SMILES string of the molecule is COc1ccc(Cc2cc(C=O)n[nH]2)cc1C. The van der Waals surface area contributed by atoms with E-state index in [1.165, 1.54) is 0 Å².